The quantitative estimate of drug-likeness (QED) is 0.170. The van der Waals surface area contributed by atoms with Crippen LogP contribution in [-0.4, -0.2) is 0 Å². The molecule has 3 aliphatic rings. The Hall–Kier alpha value is -5.92. The van der Waals surface area contributed by atoms with Gasteiger partial charge in [-0.15, -0.1) is 0 Å². The van der Waals surface area contributed by atoms with E-state index in [9.17, 15) is 0 Å². The van der Waals surface area contributed by atoms with Crippen LogP contribution in [0, 0.1) is 0 Å². The van der Waals surface area contributed by atoms with Gasteiger partial charge in [-0.25, -0.2) is 0 Å². The van der Waals surface area contributed by atoms with E-state index in [1.165, 1.54) is 132 Å². The van der Waals surface area contributed by atoms with Crippen LogP contribution in [0.25, 0.3) is 54.9 Å². The van der Waals surface area contributed by atoms with Crippen LogP contribution in [0.5, 0.6) is 0 Å². The Morgan fingerprint density at radius 2 is 0.965 bits per heavy atom. The van der Waals surface area contributed by atoms with Gasteiger partial charge in [-0.3, -0.25) is 0 Å². The van der Waals surface area contributed by atoms with Gasteiger partial charge in [0.15, 0.2) is 0 Å². The summed E-state index contributed by atoms with van der Waals surface area (Å²) in [7, 11) is 0. The number of hydrogen-bond acceptors (Lipinski definition) is 1. The molecule has 8 aromatic carbocycles. The second-order valence-electron chi connectivity index (χ2n) is 18.0. The molecule has 57 heavy (non-hydrogen) atoms. The summed E-state index contributed by atoms with van der Waals surface area (Å²) in [6, 6.07) is 60.4. The molecule has 0 atom stereocenters. The predicted octanol–water partition coefficient (Wildman–Crippen LogP) is 15.8. The van der Waals surface area contributed by atoms with Crippen LogP contribution in [0.1, 0.15) is 93.5 Å². The van der Waals surface area contributed by atoms with E-state index in [0.29, 0.717) is 5.92 Å². The molecule has 0 N–H and O–H groups in total. The van der Waals surface area contributed by atoms with Crippen LogP contribution in [-0.2, 0) is 10.8 Å². The minimum atomic E-state index is -0.116. The Kier molecular flexibility index (Phi) is 7.71. The third kappa shape index (κ3) is 5.28. The number of anilines is 3. The van der Waals surface area contributed by atoms with Crippen molar-refractivity contribution in [3.05, 3.63) is 186 Å². The monoisotopic (exact) mass is 735 g/mol. The summed E-state index contributed by atoms with van der Waals surface area (Å²) in [6.07, 6.45) is 6.70. The Morgan fingerprint density at radius 1 is 0.421 bits per heavy atom. The van der Waals surface area contributed by atoms with Crippen molar-refractivity contribution in [2.75, 3.05) is 4.90 Å². The zero-order valence-corrected chi connectivity index (χ0v) is 33.6. The molecule has 8 aromatic rings. The highest BCUT2D eigenvalue weighted by atomic mass is 15.1. The highest BCUT2D eigenvalue weighted by molar-refractivity contribution is 6.07. The van der Waals surface area contributed by atoms with E-state index >= 15 is 0 Å². The number of benzene rings is 8. The van der Waals surface area contributed by atoms with Crippen molar-refractivity contribution in [1.29, 1.82) is 0 Å². The summed E-state index contributed by atoms with van der Waals surface area (Å²) in [5.74, 6) is 0.682. The van der Waals surface area contributed by atoms with E-state index < -0.39 is 0 Å². The third-order valence-electron chi connectivity index (χ3n) is 14.0. The number of fused-ring (bicyclic) bond motifs is 8. The van der Waals surface area contributed by atoms with Crippen LogP contribution in [0.4, 0.5) is 17.1 Å². The number of hydrogen-bond donors (Lipinski definition) is 0. The van der Waals surface area contributed by atoms with Gasteiger partial charge in [-0.05, 0) is 121 Å². The SMILES string of the molecule is CC1(C)c2ccccc2-c2ccc(-c3ccc4ccccc4c3N(c3ccc4c(c3)C(C)(C)c3ccccc3-4)c3ccc4cc(C5CCCCC5)ccc4c3)cc21. The predicted molar refractivity (Wildman–Crippen MR) is 243 cm³/mol. The van der Waals surface area contributed by atoms with Gasteiger partial charge >= 0.3 is 0 Å². The molecule has 278 valence electrons. The molecule has 0 saturated heterocycles. The van der Waals surface area contributed by atoms with E-state index in [1.807, 2.05) is 0 Å². The van der Waals surface area contributed by atoms with E-state index in [-0.39, 0.29) is 10.8 Å². The average Bonchev–Trinajstić information content (AvgIpc) is 3.63. The minimum absolute atomic E-state index is 0.0893. The first-order chi connectivity index (χ1) is 27.8. The van der Waals surface area contributed by atoms with Crippen molar-refractivity contribution >= 4 is 38.6 Å². The molecule has 0 bridgehead atoms. The lowest BCUT2D eigenvalue weighted by Crippen LogP contribution is -2.17. The summed E-state index contributed by atoms with van der Waals surface area (Å²) in [5, 5.41) is 5.09. The fourth-order valence-electron chi connectivity index (χ4n) is 10.9. The summed E-state index contributed by atoms with van der Waals surface area (Å²) in [6.45, 7) is 9.54. The van der Waals surface area contributed by atoms with Crippen molar-refractivity contribution in [3.8, 4) is 33.4 Å². The van der Waals surface area contributed by atoms with E-state index in [0.717, 1.165) is 0 Å². The van der Waals surface area contributed by atoms with Crippen LogP contribution in [0.15, 0.2) is 158 Å². The lowest BCUT2D eigenvalue weighted by molar-refractivity contribution is 0.444. The van der Waals surface area contributed by atoms with Crippen molar-refractivity contribution in [2.45, 2.75) is 76.5 Å². The van der Waals surface area contributed by atoms with Crippen LogP contribution >= 0.6 is 0 Å². The Bertz CT molecular complexity index is 2900. The van der Waals surface area contributed by atoms with Crippen molar-refractivity contribution in [3.63, 3.8) is 0 Å². The smallest absolute Gasteiger partial charge is 0.0618 e. The molecule has 1 fully saturated rings. The van der Waals surface area contributed by atoms with E-state index in [2.05, 4.69) is 190 Å². The zero-order valence-electron chi connectivity index (χ0n) is 33.6. The third-order valence-corrected chi connectivity index (χ3v) is 14.0. The van der Waals surface area contributed by atoms with Gasteiger partial charge in [0.05, 0.1) is 5.69 Å². The second kappa shape index (κ2) is 12.8. The number of rotatable bonds is 5. The summed E-state index contributed by atoms with van der Waals surface area (Å²) in [4.78, 5) is 2.57. The minimum Gasteiger partial charge on any atom is -0.309 e. The molecule has 0 aliphatic heterocycles. The molecule has 0 heterocycles. The Morgan fingerprint density at radius 3 is 1.72 bits per heavy atom. The molecule has 11 rings (SSSR count). The van der Waals surface area contributed by atoms with Crippen molar-refractivity contribution in [1.82, 2.24) is 0 Å². The van der Waals surface area contributed by atoms with Gasteiger partial charge < -0.3 is 4.90 Å². The normalized spacial score (nSPS) is 16.3. The van der Waals surface area contributed by atoms with Crippen LogP contribution < -0.4 is 4.90 Å². The van der Waals surface area contributed by atoms with Gasteiger partial charge in [-0.1, -0.05) is 174 Å². The standard InChI is InChI=1S/C56H49N/c1-55(2)50-20-12-10-18-46(50)48-30-26-41(34-52(48)55)45-29-25-37-16-8-9-17-44(37)54(45)57(43-28-31-49-47-19-11-13-21-51(47)56(3,4)53(49)35-43)42-27-24-39-32-38(22-23-40(39)33-42)36-14-6-5-7-15-36/h8-13,16-36H,5-7,14-15H2,1-4H3. The molecule has 3 aliphatic carbocycles. The average molecular weight is 736 g/mol. The first-order valence-electron chi connectivity index (χ1n) is 21.1. The maximum Gasteiger partial charge on any atom is 0.0618 e. The lowest BCUT2D eigenvalue weighted by atomic mass is 9.81. The van der Waals surface area contributed by atoms with Crippen LogP contribution in [0.3, 0.4) is 0 Å². The molecule has 0 radical (unpaired) electrons. The van der Waals surface area contributed by atoms with Gasteiger partial charge in [0, 0.05) is 33.2 Å². The fraction of sp³-hybridized carbons (Fsp3) is 0.214. The Labute approximate surface area is 337 Å². The number of nitrogens with zero attached hydrogens (tertiary/aromatic N) is 1. The molecule has 1 heteroatoms. The molecular formula is C56H49N. The van der Waals surface area contributed by atoms with E-state index in [1.54, 1.807) is 0 Å². The summed E-state index contributed by atoms with van der Waals surface area (Å²) < 4.78 is 0. The van der Waals surface area contributed by atoms with Crippen LogP contribution in [0.2, 0.25) is 0 Å². The zero-order chi connectivity index (χ0) is 38.5. The highest BCUT2D eigenvalue weighted by Gasteiger charge is 2.37. The molecule has 1 saturated carbocycles. The fourth-order valence-corrected chi connectivity index (χ4v) is 10.9. The van der Waals surface area contributed by atoms with Crippen molar-refractivity contribution < 1.29 is 0 Å². The molecule has 1 nitrogen and oxygen atoms in total. The molecule has 0 aromatic heterocycles. The molecular weight excluding hydrogens is 687 g/mol. The van der Waals surface area contributed by atoms with Gasteiger partial charge in [-0.2, -0.15) is 0 Å². The topological polar surface area (TPSA) is 3.24 Å². The lowest BCUT2D eigenvalue weighted by Gasteiger charge is -2.31. The Balaban J connectivity index is 1.15. The highest BCUT2D eigenvalue weighted by Crippen LogP contribution is 2.54. The first-order valence-corrected chi connectivity index (χ1v) is 21.1. The molecule has 0 amide bonds. The maximum atomic E-state index is 2.57. The maximum absolute atomic E-state index is 2.57. The van der Waals surface area contributed by atoms with Crippen molar-refractivity contribution in [2.24, 2.45) is 0 Å². The molecule has 0 spiro atoms. The molecule has 0 unspecified atom stereocenters. The van der Waals surface area contributed by atoms with Gasteiger partial charge in [0.2, 0.25) is 0 Å². The van der Waals surface area contributed by atoms with Gasteiger partial charge in [0.1, 0.15) is 0 Å². The second-order valence-corrected chi connectivity index (χ2v) is 18.0. The first kappa shape index (κ1) is 34.3. The van der Waals surface area contributed by atoms with Gasteiger partial charge in [0.25, 0.3) is 0 Å². The largest absolute Gasteiger partial charge is 0.309 e. The summed E-state index contributed by atoms with van der Waals surface area (Å²) >= 11 is 0. The van der Waals surface area contributed by atoms with E-state index in [4.69, 9.17) is 0 Å². The summed E-state index contributed by atoms with van der Waals surface area (Å²) in [5.41, 5.74) is 18.3.